The Morgan fingerprint density at radius 2 is 2.11 bits per heavy atom. The summed E-state index contributed by atoms with van der Waals surface area (Å²) in [4.78, 5) is 12.6. The summed E-state index contributed by atoms with van der Waals surface area (Å²) in [5.74, 6) is -0.866. The van der Waals surface area contributed by atoms with Crippen LogP contribution in [0, 0.1) is 17.6 Å². The number of fused-ring (bicyclic) bond motifs is 2. The van der Waals surface area contributed by atoms with Crippen LogP contribution >= 0.6 is 0 Å². The minimum atomic E-state index is -0.839. The van der Waals surface area contributed by atoms with Gasteiger partial charge in [0.1, 0.15) is 22.9 Å². The van der Waals surface area contributed by atoms with Gasteiger partial charge in [-0.25, -0.2) is 13.8 Å². The number of ether oxygens (including phenoxy) is 1. The monoisotopic (exact) mass is 385 g/mol. The van der Waals surface area contributed by atoms with E-state index in [1.165, 1.54) is 11.9 Å². The normalized spacial score (nSPS) is 23.4. The third-order valence-electron chi connectivity index (χ3n) is 5.56. The molecule has 0 fully saturated rings. The second-order valence-corrected chi connectivity index (χ2v) is 7.18. The van der Waals surface area contributed by atoms with E-state index in [0.29, 0.717) is 31.0 Å². The Labute approximate surface area is 161 Å². The van der Waals surface area contributed by atoms with Gasteiger partial charge in [-0.3, -0.25) is 4.79 Å². The summed E-state index contributed by atoms with van der Waals surface area (Å²) in [6.07, 6.45) is 0.866. The summed E-state index contributed by atoms with van der Waals surface area (Å²) in [6, 6.07) is 10.7. The lowest BCUT2D eigenvalue weighted by atomic mass is 9.71. The molecule has 2 N–H and O–H groups in total. The number of halogens is 2. The first-order chi connectivity index (χ1) is 13.5. The highest BCUT2D eigenvalue weighted by molar-refractivity contribution is 6.04. The maximum Gasteiger partial charge on any atom is 0.240 e. The minimum absolute atomic E-state index is 0.0681. The van der Waals surface area contributed by atoms with Crippen molar-refractivity contribution in [1.29, 1.82) is 0 Å². The van der Waals surface area contributed by atoms with E-state index >= 15 is 0 Å². The number of amides is 1. The first-order valence-corrected chi connectivity index (χ1v) is 9.23. The number of hydrogen-bond donors (Lipinski definition) is 1. The van der Waals surface area contributed by atoms with Crippen molar-refractivity contribution < 1.29 is 18.3 Å². The number of nitrogens with zero attached hydrogens (tertiary/aromatic N) is 2. The van der Waals surface area contributed by atoms with Crippen LogP contribution < -0.4 is 10.5 Å². The standard InChI is InChI=1S/C21H21F2N3O2/c1-13(27)26-21(11-19(25-26)16-10-15(22)6-7-18(16)23)14(8-9-24)12-28-20-5-3-2-4-17(20)21/h2-7,10,14H,8-9,11-12,24H2,1H3. The molecule has 2 aliphatic heterocycles. The fourth-order valence-electron chi connectivity index (χ4n) is 4.34. The van der Waals surface area contributed by atoms with Crippen LogP contribution in [0.5, 0.6) is 5.75 Å². The van der Waals surface area contributed by atoms with E-state index in [1.807, 2.05) is 24.3 Å². The van der Waals surface area contributed by atoms with Crippen LogP contribution in [0.15, 0.2) is 47.6 Å². The van der Waals surface area contributed by atoms with Gasteiger partial charge < -0.3 is 10.5 Å². The molecule has 0 saturated heterocycles. The summed E-state index contributed by atoms with van der Waals surface area (Å²) < 4.78 is 34.1. The summed E-state index contributed by atoms with van der Waals surface area (Å²) in [6.45, 7) is 2.20. The van der Waals surface area contributed by atoms with E-state index in [0.717, 1.165) is 23.8 Å². The molecule has 2 aromatic rings. The quantitative estimate of drug-likeness (QED) is 0.882. The maximum absolute atomic E-state index is 14.5. The van der Waals surface area contributed by atoms with Gasteiger partial charge in [0.25, 0.3) is 0 Å². The number of rotatable bonds is 3. The van der Waals surface area contributed by atoms with Crippen LogP contribution in [-0.4, -0.2) is 29.8 Å². The van der Waals surface area contributed by atoms with Crippen molar-refractivity contribution in [2.24, 2.45) is 16.8 Å². The fraction of sp³-hybridized carbons (Fsp3) is 0.333. The number of nitrogens with two attached hydrogens (primary N) is 1. The molecule has 28 heavy (non-hydrogen) atoms. The highest BCUT2D eigenvalue weighted by atomic mass is 19.1. The molecule has 0 aromatic heterocycles. The van der Waals surface area contributed by atoms with Crippen LogP contribution in [0.2, 0.25) is 0 Å². The molecule has 0 bridgehead atoms. The van der Waals surface area contributed by atoms with E-state index in [9.17, 15) is 13.6 Å². The van der Waals surface area contributed by atoms with Gasteiger partial charge in [0.05, 0.1) is 12.3 Å². The zero-order valence-electron chi connectivity index (χ0n) is 15.5. The largest absolute Gasteiger partial charge is 0.493 e. The Balaban J connectivity index is 1.89. The Hall–Kier alpha value is -2.80. The molecule has 2 heterocycles. The van der Waals surface area contributed by atoms with Crippen LogP contribution in [0.1, 0.15) is 30.9 Å². The van der Waals surface area contributed by atoms with Crippen LogP contribution in [0.3, 0.4) is 0 Å². The van der Waals surface area contributed by atoms with Crippen molar-refractivity contribution in [2.75, 3.05) is 13.2 Å². The highest BCUT2D eigenvalue weighted by Crippen LogP contribution is 2.51. The predicted octanol–water partition coefficient (Wildman–Crippen LogP) is 3.17. The average molecular weight is 385 g/mol. The summed E-state index contributed by atoms with van der Waals surface area (Å²) >= 11 is 0. The molecule has 2 unspecified atom stereocenters. The topological polar surface area (TPSA) is 67.9 Å². The molecule has 1 spiro atoms. The number of carbonyl (C=O) groups is 1. The molecule has 5 nitrogen and oxygen atoms in total. The van der Waals surface area contributed by atoms with Gasteiger partial charge in [-0.1, -0.05) is 18.2 Å². The first-order valence-electron chi connectivity index (χ1n) is 9.23. The SMILES string of the molecule is CC(=O)N1N=C(c2cc(F)ccc2F)CC12c1ccccc1OCC2CCN. The van der Waals surface area contributed by atoms with Gasteiger partial charge in [0.15, 0.2) is 0 Å². The third kappa shape index (κ3) is 2.77. The molecular formula is C21H21F2N3O2. The lowest BCUT2D eigenvalue weighted by Gasteiger charge is -2.46. The summed E-state index contributed by atoms with van der Waals surface area (Å²) in [5.41, 5.74) is 6.21. The Morgan fingerprint density at radius 1 is 1.32 bits per heavy atom. The predicted molar refractivity (Wildman–Crippen MR) is 101 cm³/mol. The molecule has 1 amide bonds. The van der Waals surface area contributed by atoms with Gasteiger partial charge >= 0.3 is 0 Å². The molecule has 0 aliphatic carbocycles. The first kappa shape index (κ1) is 18.6. The lowest BCUT2D eigenvalue weighted by Crippen LogP contribution is -2.53. The second-order valence-electron chi connectivity index (χ2n) is 7.18. The van der Waals surface area contributed by atoms with E-state index in [2.05, 4.69) is 5.10 Å². The lowest BCUT2D eigenvalue weighted by molar-refractivity contribution is -0.139. The van der Waals surface area contributed by atoms with Gasteiger partial charge in [0, 0.05) is 30.4 Å². The van der Waals surface area contributed by atoms with Crippen molar-refractivity contribution in [3.05, 3.63) is 65.2 Å². The van der Waals surface area contributed by atoms with E-state index in [4.69, 9.17) is 10.5 Å². The Kier molecular flexibility index (Phi) is 4.63. The maximum atomic E-state index is 14.5. The van der Waals surface area contributed by atoms with Crippen molar-refractivity contribution in [2.45, 2.75) is 25.3 Å². The van der Waals surface area contributed by atoms with Crippen molar-refractivity contribution in [3.8, 4) is 5.75 Å². The number of hydrazone groups is 1. The summed E-state index contributed by atoms with van der Waals surface area (Å²) in [7, 11) is 0. The molecule has 2 aromatic carbocycles. The smallest absolute Gasteiger partial charge is 0.240 e. The molecule has 0 saturated carbocycles. The summed E-state index contributed by atoms with van der Waals surface area (Å²) in [5, 5.41) is 5.88. The zero-order chi connectivity index (χ0) is 19.9. The van der Waals surface area contributed by atoms with Crippen molar-refractivity contribution in [1.82, 2.24) is 5.01 Å². The van der Waals surface area contributed by atoms with Gasteiger partial charge in [-0.15, -0.1) is 0 Å². The zero-order valence-corrected chi connectivity index (χ0v) is 15.5. The van der Waals surface area contributed by atoms with Crippen LogP contribution in [0.25, 0.3) is 0 Å². The third-order valence-corrected chi connectivity index (χ3v) is 5.56. The molecular weight excluding hydrogens is 364 g/mol. The van der Waals surface area contributed by atoms with Gasteiger partial charge in [-0.2, -0.15) is 5.10 Å². The Morgan fingerprint density at radius 3 is 2.86 bits per heavy atom. The van der Waals surface area contributed by atoms with Crippen molar-refractivity contribution >= 4 is 11.6 Å². The van der Waals surface area contributed by atoms with E-state index in [-0.39, 0.29) is 23.8 Å². The van der Waals surface area contributed by atoms with E-state index in [1.54, 1.807) is 0 Å². The van der Waals surface area contributed by atoms with Crippen LogP contribution in [0.4, 0.5) is 8.78 Å². The Bertz CT molecular complexity index is 962. The fourth-order valence-corrected chi connectivity index (χ4v) is 4.34. The molecule has 146 valence electrons. The van der Waals surface area contributed by atoms with Crippen molar-refractivity contribution in [3.63, 3.8) is 0 Å². The minimum Gasteiger partial charge on any atom is -0.493 e. The average Bonchev–Trinajstić information content (AvgIpc) is 3.08. The number of benzene rings is 2. The molecule has 2 atom stereocenters. The molecule has 2 aliphatic rings. The highest BCUT2D eigenvalue weighted by Gasteiger charge is 2.55. The van der Waals surface area contributed by atoms with E-state index < -0.39 is 17.2 Å². The van der Waals surface area contributed by atoms with Gasteiger partial charge in [0.2, 0.25) is 5.91 Å². The van der Waals surface area contributed by atoms with Crippen LogP contribution in [-0.2, 0) is 10.3 Å². The molecule has 0 radical (unpaired) electrons. The number of hydrogen-bond acceptors (Lipinski definition) is 4. The number of carbonyl (C=O) groups excluding carboxylic acids is 1. The molecule has 7 heteroatoms. The van der Waals surface area contributed by atoms with Gasteiger partial charge in [-0.05, 0) is 37.2 Å². The molecule has 4 rings (SSSR count). The number of para-hydroxylation sites is 1. The second kappa shape index (κ2) is 6.98.